The van der Waals surface area contributed by atoms with Crippen molar-refractivity contribution in [2.24, 2.45) is 0 Å². The molecule has 0 aromatic heterocycles. The second-order valence-corrected chi connectivity index (χ2v) is 5.99. The number of hydrogen-bond donors (Lipinski definition) is 0. The van der Waals surface area contributed by atoms with Gasteiger partial charge in [0.05, 0.1) is 0 Å². The molecule has 0 amide bonds. The van der Waals surface area contributed by atoms with E-state index in [2.05, 4.69) is 75.0 Å². The van der Waals surface area contributed by atoms with Gasteiger partial charge in [-0.15, -0.1) is 0 Å². The zero-order chi connectivity index (χ0) is 15.3. The highest BCUT2D eigenvalue weighted by molar-refractivity contribution is 6.11. The van der Waals surface area contributed by atoms with Gasteiger partial charge in [-0.05, 0) is 69.6 Å². The molecular formula is C22H18. The minimum Gasteiger partial charge on any atom is -0.0984 e. The lowest BCUT2D eigenvalue weighted by atomic mass is 9.90. The van der Waals surface area contributed by atoms with E-state index in [1.165, 1.54) is 49.7 Å². The van der Waals surface area contributed by atoms with Crippen molar-refractivity contribution >= 4 is 22.4 Å². The van der Waals surface area contributed by atoms with Crippen LogP contribution >= 0.6 is 0 Å². The number of aryl methyl sites for hydroxylation is 2. The van der Waals surface area contributed by atoms with Gasteiger partial charge in [0.25, 0.3) is 0 Å². The Kier molecular flexibility index (Phi) is 2.80. The van der Waals surface area contributed by atoms with Gasteiger partial charge >= 0.3 is 0 Å². The molecule has 0 unspecified atom stereocenters. The lowest BCUT2D eigenvalue weighted by Gasteiger charge is -2.13. The molecule has 0 nitrogen and oxygen atoms in total. The van der Waals surface area contributed by atoms with Crippen molar-refractivity contribution in [3.05, 3.63) is 83.4 Å². The standard InChI is InChI=1S/C22H18/c1-4-16-13-17-12-14(2)15(3)18-10-7-11-21(22(17)18)20-9-6-5-8-19(16)20/h4-13H,1H2,2-3H3. The van der Waals surface area contributed by atoms with Crippen molar-refractivity contribution in [1.29, 1.82) is 0 Å². The minimum absolute atomic E-state index is 1.19. The summed E-state index contributed by atoms with van der Waals surface area (Å²) in [6.45, 7) is 8.43. The highest BCUT2D eigenvalue weighted by Crippen LogP contribution is 2.41. The molecule has 0 atom stereocenters. The first-order valence-corrected chi connectivity index (χ1v) is 7.67. The van der Waals surface area contributed by atoms with E-state index in [1.807, 2.05) is 6.08 Å². The highest BCUT2D eigenvalue weighted by Gasteiger charge is 2.17. The molecule has 1 aliphatic carbocycles. The van der Waals surface area contributed by atoms with Crippen LogP contribution in [0.4, 0.5) is 0 Å². The Morgan fingerprint density at radius 2 is 1.59 bits per heavy atom. The first-order chi connectivity index (χ1) is 10.7. The first-order valence-electron chi connectivity index (χ1n) is 7.67. The van der Waals surface area contributed by atoms with Crippen molar-refractivity contribution in [3.63, 3.8) is 0 Å². The van der Waals surface area contributed by atoms with Gasteiger partial charge in [0.15, 0.2) is 0 Å². The lowest BCUT2D eigenvalue weighted by molar-refractivity contribution is 1.37. The van der Waals surface area contributed by atoms with E-state index >= 15 is 0 Å². The highest BCUT2D eigenvalue weighted by atomic mass is 14.2. The molecule has 0 radical (unpaired) electrons. The Morgan fingerprint density at radius 1 is 0.864 bits per heavy atom. The average Bonchev–Trinajstić information content (AvgIpc) is 2.69. The smallest absolute Gasteiger partial charge is 0.00295 e. The summed E-state index contributed by atoms with van der Waals surface area (Å²) in [6, 6.07) is 17.6. The van der Waals surface area contributed by atoms with Crippen LogP contribution in [-0.2, 0) is 0 Å². The maximum absolute atomic E-state index is 4.02. The molecule has 0 fully saturated rings. The zero-order valence-electron chi connectivity index (χ0n) is 13.0. The van der Waals surface area contributed by atoms with Gasteiger partial charge in [-0.1, -0.05) is 61.2 Å². The molecule has 0 heteroatoms. The second-order valence-electron chi connectivity index (χ2n) is 5.99. The SMILES string of the molecule is C=CC1=Cc2cc(C)c(C)c3cccc(c23)-c2ccccc21. The van der Waals surface area contributed by atoms with Crippen LogP contribution in [-0.4, -0.2) is 0 Å². The van der Waals surface area contributed by atoms with Crippen LogP contribution in [0, 0.1) is 13.8 Å². The van der Waals surface area contributed by atoms with E-state index in [0.717, 1.165) is 0 Å². The minimum atomic E-state index is 1.19. The Morgan fingerprint density at radius 3 is 2.36 bits per heavy atom. The van der Waals surface area contributed by atoms with Gasteiger partial charge in [-0.3, -0.25) is 0 Å². The molecule has 22 heavy (non-hydrogen) atoms. The van der Waals surface area contributed by atoms with Gasteiger partial charge in [0, 0.05) is 0 Å². The molecule has 0 bridgehead atoms. The fourth-order valence-corrected chi connectivity index (χ4v) is 3.52. The predicted molar refractivity (Wildman–Crippen MR) is 96.9 cm³/mol. The van der Waals surface area contributed by atoms with Crippen LogP contribution in [0.3, 0.4) is 0 Å². The second kappa shape index (κ2) is 4.71. The van der Waals surface area contributed by atoms with E-state index in [1.54, 1.807) is 0 Å². The van der Waals surface area contributed by atoms with Crippen molar-refractivity contribution in [2.45, 2.75) is 13.8 Å². The monoisotopic (exact) mass is 282 g/mol. The van der Waals surface area contributed by atoms with Crippen LogP contribution in [0.1, 0.15) is 22.3 Å². The topological polar surface area (TPSA) is 0 Å². The molecule has 3 aromatic carbocycles. The fourth-order valence-electron chi connectivity index (χ4n) is 3.52. The van der Waals surface area contributed by atoms with E-state index in [0.29, 0.717) is 0 Å². The third-order valence-electron chi connectivity index (χ3n) is 4.78. The molecule has 106 valence electrons. The molecule has 0 saturated carbocycles. The van der Waals surface area contributed by atoms with Gasteiger partial charge in [-0.25, -0.2) is 0 Å². The van der Waals surface area contributed by atoms with E-state index in [-0.39, 0.29) is 0 Å². The average molecular weight is 282 g/mol. The van der Waals surface area contributed by atoms with Crippen LogP contribution < -0.4 is 0 Å². The predicted octanol–water partition coefficient (Wildman–Crippen LogP) is 6.16. The maximum Gasteiger partial charge on any atom is -0.00295 e. The molecule has 0 spiro atoms. The van der Waals surface area contributed by atoms with E-state index < -0.39 is 0 Å². The summed E-state index contributed by atoms with van der Waals surface area (Å²) in [4.78, 5) is 0. The van der Waals surface area contributed by atoms with Gasteiger partial charge in [0.2, 0.25) is 0 Å². The number of benzene rings is 3. The van der Waals surface area contributed by atoms with Crippen molar-refractivity contribution < 1.29 is 0 Å². The number of rotatable bonds is 1. The van der Waals surface area contributed by atoms with Crippen LogP contribution in [0.5, 0.6) is 0 Å². The van der Waals surface area contributed by atoms with Crippen molar-refractivity contribution in [3.8, 4) is 11.1 Å². The lowest BCUT2D eigenvalue weighted by Crippen LogP contribution is -1.90. The van der Waals surface area contributed by atoms with Crippen molar-refractivity contribution in [1.82, 2.24) is 0 Å². The fraction of sp³-hybridized carbons (Fsp3) is 0.0909. The summed E-state index contributed by atoms with van der Waals surface area (Å²) >= 11 is 0. The number of hydrogen-bond acceptors (Lipinski definition) is 0. The third kappa shape index (κ3) is 1.70. The zero-order valence-corrected chi connectivity index (χ0v) is 13.0. The molecule has 0 saturated heterocycles. The molecule has 0 N–H and O–H groups in total. The normalized spacial score (nSPS) is 12.5. The number of fused-ring (bicyclic) bond motifs is 2. The van der Waals surface area contributed by atoms with Crippen LogP contribution in [0.25, 0.3) is 33.5 Å². The molecule has 4 rings (SSSR count). The Labute approximate surface area is 131 Å². The van der Waals surface area contributed by atoms with E-state index in [9.17, 15) is 0 Å². The molecule has 1 aliphatic rings. The first kappa shape index (κ1) is 13.1. The van der Waals surface area contributed by atoms with Gasteiger partial charge < -0.3 is 0 Å². The maximum atomic E-state index is 4.02. The third-order valence-corrected chi connectivity index (χ3v) is 4.78. The van der Waals surface area contributed by atoms with Crippen LogP contribution in [0.15, 0.2) is 61.2 Å². The molecular weight excluding hydrogens is 264 g/mol. The summed E-state index contributed by atoms with van der Waals surface area (Å²) < 4.78 is 0. The summed E-state index contributed by atoms with van der Waals surface area (Å²) in [5, 5.41) is 2.71. The van der Waals surface area contributed by atoms with Gasteiger partial charge in [0.1, 0.15) is 0 Å². The van der Waals surface area contributed by atoms with Crippen LogP contribution in [0.2, 0.25) is 0 Å². The summed E-state index contributed by atoms with van der Waals surface area (Å²) in [5.74, 6) is 0. The largest absolute Gasteiger partial charge is 0.0984 e. The molecule has 0 heterocycles. The molecule has 3 aromatic rings. The summed E-state index contributed by atoms with van der Waals surface area (Å²) in [5.41, 5.74) is 9.06. The Balaban J connectivity index is 2.27. The van der Waals surface area contributed by atoms with Gasteiger partial charge in [-0.2, -0.15) is 0 Å². The number of allylic oxidation sites excluding steroid dienone is 2. The Bertz CT molecular complexity index is 955. The Hall–Kier alpha value is -2.60. The molecule has 0 aliphatic heterocycles. The van der Waals surface area contributed by atoms with E-state index in [4.69, 9.17) is 0 Å². The summed E-state index contributed by atoms with van der Waals surface area (Å²) in [7, 11) is 0. The summed E-state index contributed by atoms with van der Waals surface area (Å²) in [6.07, 6.45) is 4.24. The van der Waals surface area contributed by atoms with Crippen molar-refractivity contribution in [2.75, 3.05) is 0 Å². The quantitative estimate of drug-likeness (QED) is 0.501.